The van der Waals surface area contributed by atoms with Gasteiger partial charge in [-0.15, -0.1) is 0 Å². The van der Waals surface area contributed by atoms with Gasteiger partial charge in [0.05, 0.1) is 6.04 Å². The summed E-state index contributed by atoms with van der Waals surface area (Å²) in [6.45, 7) is 2.95. The van der Waals surface area contributed by atoms with Crippen molar-refractivity contribution in [2.75, 3.05) is 11.4 Å². The smallest absolute Gasteiger partial charge is 0.113 e. The second-order valence-electron chi connectivity index (χ2n) is 3.70. The number of nitrogens with zero attached hydrogens (tertiary/aromatic N) is 1. The first-order valence-electron chi connectivity index (χ1n) is 4.88. The average molecular weight is 189 g/mol. The van der Waals surface area contributed by atoms with Gasteiger partial charge in [0.15, 0.2) is 0 Å². The van der Waals surface area contributed by atoms with E-state index in [0.717, 1.165) is 13.0 Å². The molecular weight excluding hydrogens is 174 g/mol. The zero-order chi connectivity index (χ0) is 10.1. The Morgan fingerprint density at radius 2 is 2.21 bits per heavy atom. The van der Waals surface area contributed by atoms with Gasteiger partial charge >= 0.3 is 0 Å². The molecule has 0 saturated heterocycles. The summed E-state index contributed by atoms with van der Waals surface area (Å²) in [5.74, 6) is 0.238. The number of hydrogen-bond acceptors (Lipinski definition) is 2. The molecular formula is C11H15N3. The fraction of sp³-hybridized carbons (Fsp3) is 0.364. The molecule has 2 rings (SSSR count). The fourth-order valence-corrected chi connectivity index (χ4v) is 1.93. The molecule has 1 aromatic rings. The van der Waals surface area contributed by atoms with Gasteiger partial charge < -0.3 is 10.6 Å². The number of hydrogen-bond donors (Lipinski definition) is 2. The Labute approximate surface area is 84.0 Å². The number of para-hydroxylation sites is 1. The van der Waals surface area contributed by atoms with Crippen LogP contribution in [-0.2, 0) is 6.42 Å². The predicted molar refractivity (Wildman–Crippen MR) is 58.9 cm³/mol. The van der Waals surface area contributed by atoms with Gasteiger partial charge in [-0.3, -0.25) is 5.41 Å². The van der Waals surface area contributed by atoms with Crippen molar-refractivity contribution in [3.63, 3.8) is 0 Å². The van der Waals surface area contributed by atoms with E-state index in [1.807, 2.05) is 13.0 Å². The van der Waals surface area contributed by atoms with Crippen LogP contribution in [0.15, 0.2) is 24.3 Å². The van der Waals surface area contributed by atoms with Crippen LogP contribution in [0.4, 0.5) is 5.69 Å². The summed E-state index contributed by atoms with van der Waals surface area (Å²) in [6, 6.07) is 8.34. The van der Waals surface area contributed by atoms with Crippen LogP contribution >= 0.6 is 0 Å². The lowest BCUT2D eigenvalue weighted by Crippen LogP contribution is -2.41. The Balaban J connectivity index is 2.30. The second kappa shape index (κ2) is 3.33. The van der Waals surface area contributed by atoms with Crippen LogP contribution in [-0.4, -0.2) is 18.4 Å². The van der Waals surface area contributed by atoms with E-state index in [9.17, 15) is 0 Å². The Bertz CT molecular complexity index is 359. The Morgan fingerprint density at radius 1 is 1.50 bits per heavy atom. The maximum Gasteiger partial charge on any atom is 0.113 e. The average Bonchev–Trinajstić information content (AvgIpc) is 2.60. The van der Waals surface area contributed by atoms with Crippen LogP contribution in [0.25, 0.3) is 0 Å². The molecule has 14 heavy (non-hydrogen) atoms. The molecule has 1 heterocycles. The number of nitrogens with two attached hydrogens (primary N) is 1. The lowest BCUT2D eigenvalue weighted by Gasteiger charge is -2.26. The van der Waals surface area contributed by atoms with Crippen molar-refractivity contribution < 1.29 is 0 Å². The molecule has 0 amide bonds. The number of nitrogens with one attached hydrogen (secondary N) is 1. The lowest BCUT2D eigenvalue weighted by molar-refractivity contribution is 0.784. The van der Waals surface area contributed by atoms with Crippen molar-refractivity contribution in [1.29, 1.82) is 5.41 Å². The predicted octanol–water partition coefficient (Wildman–Crippen LogP) is 1.37. The molecule has 74 valence electrons. The van der Waals surface area contributed by atoms with E-state index in [-0.39, 0.29) is 11.9 Å². The van der Waals surface area contributed by atoms with Gasteiger partial charge in [-0.2, -0.15) is 0 Å². The highest BCUT2D eigenvalue weighted by Gasteiger charge is 2.23. The Kier molecular flexibility index (Phi) is 2.15. The highest BCUT2D eigenvalue weighted by molar-refractivity contribution is 5.86. The molecule has 0 radical (unpaired) electrons. The molecule has 0 aromatic heterocycles. The van der Waals surface area contributed by atoms with Gasteiger partial charge in [0.25, 0.3) is 0 Å². The lowest BCUT2D eigenvalue weighted by atomic mass is 10.2. The summed E-state index contributed by atoms with van der Waals surface area (Å²) in [5, 5.41) is 7.44. The van der Waals surface area contributed by atoms with Crippen molar-refractivity contribution in [3.05, 3.63) is 29.8 Å². The molecule has 1 aliphatic heterocycles. The van der Waals surface area contributed by atoms with Gasteiger partial charge in [0.2, 0.25) is 0 Å². The summed E-state index contributed by atoms with van der Waals surface area (Å²) >= 11 is 0. The quantitative estimate of drug-likeness (QED) is 0.545. The summed E-state index contributed by atoms with van der Waals surface area (Å²) < 4.78 is 0. The zero-order valence-electron chi connectivity index (χ0n) is 8.33. The zero-order valence-corrected chi connectivity index (χ0v) is 8.33. The monoisotopic (exact) mass is 189 g/mol. The number of anilines is 1. The molecule has 3 heteroatoms. The first-order chi connectivity index (χ1) is 6.70. The van der Waals surface area contributed by atoms with Crippen molar-refractivity contribution in [3.8, 4) is 0 Å². The number of rotatable bonds is 2. The van der Waals surface area contributed by atoms with E-state index in [1.54, 1.807) is 0 Å². The third kappa shape index (κ3) is 1.35. The highest BCUT2D eigenvalue weighted by atomic mass is 15.2. The molecule has 1 atom stereocenters. The SMILES string of the molecule is CC(C(=N)N)N1CCc2ccccc21. The van der Waals surface area contributed by atoms with E-state index in [0.29, 0.717) is 0 Å². The molecule has 0 fully saturated rings. The van der Waals surface area contributed by atoms with Crippen LogP contribution in [0.2, 0.25) is 0 Å². The summed E-state index contributed by atoms with van der Waals surface area (Å²) in [6.07, 6.45) is 1.06. The van der Waals surface area contributed by atoms with Gasteiger partial charge in [-0.1, -0.05) is 18.2 Å². The molecule has 3 nitrogen and oxygen atoms in total. The largest absolute Gasteiger partial charge is 0.386 e. The number of benzene rings is 1. The standard InChI is InChI=1S/C11H15N3/c1-8(11(12)13)14-7-6-9-4-2-3-5-10(9)14/h2-5,8H,6-7H2,1H3,(H3,12,13). The van der Waals surface area contributed by atoms with Crippen molar-refractivity contribution in [2.24, 2.45) is 5.73 Å². The molecule has 0 aliphatic carbocycles. The van der Waals surface area contributed by atoms with Crippen molar-refractivity contribution >= 4 is 11.5 Å². The molecule has 1 unspecified atom stereocenters. The minimum Gasteiger partial charge on any atom is -0.386 e. The highest BCUT2D eigenvalue weighted by Crippen LogP contribution is 2.28. The Morgan fingerprint density at radius 3 is 2.93 bits per heavy atom. The van der Waals surface area contributed by atoms with E-state index in [2.05, 4.69) is 23.1 Å². The van der Waals surface area contributed by atoms with Crippen LogP contribution in [0.3, 0.4) is 0 Å². The van der Waals surface area contributed by atoms with Crippen molar-refractivity contribution in [1.82, 2.24) is 0 Å². The first-order valence-corrected chi connectivity index (χ1v) is 4.88. The maximum absolute atomic E-state index is 7.44. The minimum atomic E-state index is 0.0126. The first kappa shape index (κ1) is 9.06. The Hall–Kier alpha value is -1.51. The van der Waals surface area contributed by atoms with Gasteiger partial charge in [-0.25, -0.2) is 0 Å². The topological polar surface area (TPSA) is 53.1 Å². The van der Waals surface area contributed by atoms with E-state index >= 15 is 0 Å². The number of fused-ring (bicyclic) bond motifs is 1. The molecule has 1 aliphatic rings. The van der Waals surface area contributed by atoms with Crippen molar-refractivity contribution in [2.45, 2.75) is 19.4 Å². The van der Waals surface area contributed by atoms with Crippen LogP contribution in [0.1, 0.15) is 12.5 Å². The maximum atomic E-state index is 7.44. The van der Waals surface area contributed by atoms with Gasteiger partial charge in [-0.05, 0) is 25.0 Å². The molecule has 1 aromatic carbocycles. The molecule has 3 N–H and O–H groups in total. The summed E-state index contributed by atoms with van der Waals surface area (Å²) in [7, 11) is 0. The minimum absolute atomic E-state index is 0.0126. The van der Waals surface area contributed by atoms with Crippen LogP contribution in [0.5, 0.6) is 0 Å². The molecule has 0 bridgehead atoms. The normalized spacial score (nSPS) is 16.5. The van der Waals surface area contributed by atoms with E-state index < -0.39 is 0 Å². The summed E-state index contributed by atoms with van der Waals surface area (Å²) in [5.41, 5.74) is 8.11. The summed E-state index contributed by atoms with van der Waals surface area (Å²) in [4.78, 5) is 2.19. The van der Waals surface area contributed by atoms with E-state index in [4.69, 9.17) is 11.1 Å². The molecule has 0 saturated carbocycles. The third-order valence-corrected chi connectivity index (χ3v) is 2.84. The van der Waals surface area contributed by atoms with Gasteiger partial charge in [0, 0.05) is 12.2 Å². The number of amidine groups is 1. The van der Waals surface area contributed by atoms with E-state index in [1.165, 1.54) is 11.3 Å². The third-order valence-electron chi connectivity index (χ3n) is 2.84. The fourth-order valence-electron chi connectivity index (χ4n) is 1.93. The van der Waals surface area contributed by atoms with Crippen LogP contribution in [0, 0.1) is 5.41 Å². The van der Waals surface area contributed by atoms with Crippen LogP contribution < -0.4 is 10.6 Å². The van der Waals surface area contributed by atoms with Gasteiger partial charge in [0.1, 0.15) is 5.84 Å². The second-order valence-corrected chi connectivity index (χ2v) is 3.70. The molecule has 0 spiro atoms.